The van der Waals surface area contributed by atoms with Gasteiger partial charge in [0.05, 0.1) is 0 Å². The maximum absolute atomic E-state index is 5.83. The van der Waals surface area contributed by atoms with Gasteiger partial charge in [-0.3, -0.25) is 0 Å². The predicted octanol–water partition coefficient (Wildman–Crippen LogP) is 6.53. The molecule has 2 N–H and O–H groups in total. The van der Waals surface area contributed by atoms with Crippen LogP contribution in [-0.2, 0) is 5.41 Å². The van der Waals surface area contributed by atoms with Crippen molar-refractivity contribution in [3.8, 4) is 0 Å². The van der Waals surface area contributed by atoms with Gasteiger partial charge in [0.1, 0.15) is 11.6 Å². The lowest BCUT2D eigenvalue weighted by atomic mass is 9.69. The zero-order valence-electron chi connectivity index (χ0n) is 23.4. The van der Waals surface area contributed by atoms with Crippen LogP contribution in [0, 0.1) is 11.8 Å². The third-order valence-corrected chi connectivity index (χ3v) is 9.08. The summed E-state index contributed by atoms with van der Waals surface area (Å²) in [5.41, 5.74) is 1.55. The quantitative estimate of drug-likeness (QED) is 0.409. The van der Waals surface area contributed by atoms with Gasteiger partial charge in [0.2, 0.25) is 5.95 Å². The molecule has 1 saturated carbocycles. The van der Waals surface area contributed by atoms with E-state index >= 15 is 0 Å². The topological polar surface area (TPSA) is 56.3 Å². The predicted molar refractivity (Wildman–Crippen MR) is 163 cm³/mol. The van der Waals surface area contributed by atoms with Gasteiger partial charge < -0.3 is 20.4 Å². The number of hydrogen-bond acceptors (Lipinski definition) is 5. The number of hydrogen-bond donors (Lipinski definition) is 2. The fraction of sp³-hybridized carbons (Fsp3) is 0.645. The lowest BCUT2D eigenvalue weighted by molar-refractivity contribution is 0.292. The third kappa shape index (κ3) is 6.77. The van der Waals surface area contributed by atoms with E-state index in [1.165, 1.54) is 69.8 Å². The van der Waals surface area contributed by atoms with Crippen LogP contribution in [0.4, 0.5) is 17.6 Å². The normalized spacial score (nSPS) is 23.9. The first-order valence-corrected chi connectivity index (χ1v) is 15.4. The second-order valence-electron chi connectivity index (χ2n) is 12.2. The first kappa shape index (κ1) is 27.2. The van der Waals surface area contributed by atoms with Crippen molar-refractivity contribution in [3.63, 3.8) is 0 Å². The summed E-state index contributed by atoms with van der Waals surface area (Å²) in [6, 6.07) is 13.2. The zero-order chi connectivity index (χ0) is 26.4. The van der Waals surface area contributed by atoms with Gasteiger partial charge in [-0.05, 0) is 61.7 Å². The lowest BCUT2D eigenvalue weighted by Gasteiger charge is -2.38. The highest BCUT2D eigenvalue weighted by Crippen LogP contribution is 2.39. The Morgan fingerprint density at radius 2 is 1.47 bits per heavy atom. The van der Waals surface area contributed by atoms with E-state index in [1.807, 2.05) is 0 Å². The van der Waals surface area contributed by atoms with Crippen LogP contribution in [-0.4, -0.2) is 47.8 Å². The van der Waals surface area contributed by atoms with E-state index in [4.69, 9.17) is 22.2 Å². The number of rotatable bonds is 6. The van der Waals surface area contributed by atoms with Crippen molar-refractivity contribution >= 4 is 34.9 Å². The molecule has 1 aromatic carbocycles. The molecule has 206 valence electrons. The molecule has 0 spiro atoms. The van der Waals surface area contributed by atoms with Crippen molar-refractivity contribution in [2.75, 3.05) is 47.8 Å². The van der Waals surface area contributed by atoms with E-state index in [9.17, 15) is 0 Å². The number of benzene rings is 1. The number of thiocarbonyl (C=S) groups is 1. The van der Waals surface area contributed by atoms with Gasteiger partial charge in [0.25, 0.3) is 0 Å². The van der Waals surface area contributed by atoms with Crippen LogP contribution in [0.3, 0.4) is 0 Å². The van der Waals surface area contributed by atoms with Crippen LogP contribution < -0.4 is 20.4 Å². The molecule has 0 bridgehead atoms. The van der Waals surface area contributed by atoms with Crippen molar-refractivity contribution in [2.24, 2.45) is 11.8 Å². The van der Waals surface area contributed by atoms with E-state index in [-0.39, 0.29) is 5.41 Å². The largest absolute Gasteiger partial charge is 0.361 e. The number of aromatic nitrogens is 2. The van der Waals surface area contributed by atoms with Crippen LogP contribution in [0.25, 0.3) is 0 Å². The Morgan fingerprint density at radius 1 is 0.868 bits per heavy atom. The van der Waals surface area contributed by atoms with E-state index < -0.39 is 0 Å². The van der Waals surface area contributed by atoms with Crippen LogP contribution in [0.15, 0.2) is 36.4 Å². The number of nitrogens with zero attached hydrogens (tertiary/aromatic N) is 4. The third-order valence-electron chi connectivity index (χ3n) is 8.83. The van der Waals surface area contributed by atoms with Crippen molar-refractivity contribution in [1.29, 1.82) is 0 Å². The molecule has 7 heteroatoms. The molecule has 0 amide bonds. The molecule has 2 saturated heterocycles. The molecule has 1 aliphatic carbocycles. The monoisotopic (exact) mass is 534 g/mol. The second kappa shape index (κ2) is 12.6. The molecule has 5 rings (SSSR count). The average Bonchev–Trinajstić information content (AvgIpc) is 3.22. The van der Waals surface area contributed by atoms with Crippen molar-refractivity contribution in [1.82, 2.24) is 15.3 Å². The van der Waals surface area contributed by atoms with Crippen molar-refractivity contribution in [2.45, 2.75) is 83.5 Å². The lowest BCUT2D eigenvalue weighted by Crippen LogP contribution is -2.44. The molecule has 6 nitrogen and oxygen atoms in total. The SMILES string of the molecule is C[C@@H]1C[C@H](C)CN(c2cc(N3CCCCCC3)nc(NC(=S)NCC3(c4ccccc4)CCCCC3)n2)C1. The van der Waals surface area contributed by atoms with E-state index in [0.717, 1.165) is 44.4 Å². The molecular formula is C31H46N6S. The summed E-state index contributed by atoms with van der Waals surface area (Å²) in [5, 5.41) is 7.58. The first-order valence-electron chi connectivity index (χ1n) is 15.0. The molecular weight excluding hydrogens is 488 g/mol. The number of piperidine rings is 1. The Kier molecular flexibility index (Phi) is 9.03. The summed E-state index contributed by atoms with van der Waals surface area (Å²) in [6.45, 7) is 9.75. The molecule has 0 radical (unpaired) electrons. The highest BCUT2D eigenvalue weighted by atomic mass is 32.1. The fourth-order valence-corrected chi connectivity index (χ4v) is 7.10. The number of anilines is 3. The van der Waals surface area contributed by atoms with Crippen molar-refractivity contribution < 1.29 is 0 Å². The zero-order valence-corrected chi connectivity index (χ0v) is 24.2. The van der Waals surface area contributed by atoms with Gasteiger partial charge in [0, 0.05) is 44.2 Å². The average molecular weight is 535 g/mol. The Morgan fingerprint density at radius 3 is 2.13 bits per heavy atom. The van der Waals surface area contributed by atoms with Crippen LogP contribution >= 0.6 is 12.2 Å². The minimum absolute atomic E-state index is 0.130. The standard InChI is InChI=1S/C31H46N6S/c1-24-19-25(2)22-37(21-24)28-20-27(36-17-11-3-4-12-18-36)33-29(34-28)35-30(38)32-23-31(15-9-6-10-16-31)26-13-7-5-8-14-26/h5,7-8,13-14,20,24-25H,3-4,6,9-12,15-19,21-23H2,1-2H3,(H2,32,33,34,35,38)/t24-,25+. The first-order chi connectivity index (χ1) is 18.5. The molecule has 3 heterocycles. The molecule has 2 atom stereocenters. The minimum atomic E-state index is 0.130. The van der Waals surface area contributed by atoms with Gasteiger partial charge in [0.15, 0.2) is 5.11 Å². The fourth-order valence-electron chi connectivity index (χ4n) is 6.93. The van der Waals surface area contributed by atoms with E-state index in [1.54, 1.807) is 0 Å². The van der Waals surface area contributed by atoms with Gasteiger partial charge in [-0.2, -0.15) is 9.97 Å². The molecule has 2 aromatic rings. The summed E-state index contributed by atoms with van der Waals surface area (Å²) in [6.07, 6.45) is 12.6. The highest BCUT2D eigenvalue weighted by molar-refractivity contribution is 7.80. The second-order valence-corrected chi connectivity index (χ2v) is 12.6. The number of nitrogens with one attached hydrogen (secondary N) is 2. The maximum Gasteiger partial charge on any atom is 0.232 e. The van der Waals surface area contributed by atoms with E-state index in [2.05, 4.69) is 70.7 Å². The molecule has 2 aliphatic heterocycles. The van der Waals surface area contributed by atoms with Crippen LogP contribution in [0.2, 0.25) is 0 Å². The maximum atomic E-state index is 5.83. The summed E-state index contributed by atoms with van der Waals surface area (Å²) < 4.78 is 0. The summed E-state index contributed by atoms with van der Waals surface area (Å²) in [5.74, 6) is 4.00. The molecule has 1 aromatic heterocycles. The summed E-state index contributed by atoms with van der Waals surface area (Å²) >= 11 is 5.83. The Labute approximate surface area is 235 Å². The van der Waals surface area contributed by atoms with Crippen LogP contribution in [0.1, 0.15) is 83.6 Å². The van der Waals surface area contributed by atoms with Gasteiger partial charge in [-0.25, -0.2) is 0 Å². The molecule has 38 heavy (non-hydrogen) atoms. The summed E-state index contributed by atoms with van der Waals surface area (Å²) in [4.78, 5) is 14.9. The van der Waals surface area contributed by atoms with E-state index in [0.29, 0.717) is 22.9 Å². The molecule has 3 aliphatic rings. The Hall–Kier alpha value is -2.41. The van der Waals surface area contributed by atoms with Gasteiger partial charge in [-0.15, -0.1) is 0 Å². The van der Waals surface area contributed by atoms with Crippen molar-refractivity contribution in [3.05, 3.63) is 42.0 Å². The Balaban J connectivity index is 1.34. The minimum Gasteiger partial charge on any atom is -0.361 e. The smallest absolute Gasteiger partial charge is 0.232 e. The van der Waals surface area contributed by atoms with Crippen LogP contribution in [0.5, 0.6) is 0 Å². The molecule has 0 unspecified atom stereocenters. The molecule has 3 fully saturated rings. The Bertz CT molecular complexity index is 1040. The van der Waals surface area contributed by atoms with Gasteiger partial charge >= 0.3 is 0 Å². The highest BCUT2D eigenvalue weighted by Gasteiger charge is 2.34. The summed E-state index contributed by atoms with van der Waals surface area (Å²) in [7, 11) is 0. The van der Waals surface area contributed by atoms with Gasteiger partial charge in [-0.1, -0.05) is 76.3 Å².